The highest BCUT2D eigenvalue weighted by molar-refractivity contribution is 7.89. The first kappa shape index (κ1) is 21.6. The van der Waals surface area contributed by atoms with Gasteiger partial charge in [-0.3, -0.25) is 20.2 Å². The van der Waals surface area contributed by atoms with Crippen molar-refractivity contribution in [2.24, 2.45) is 0 Å². The molecule has 0 fully saturated rings. The number of aromatic nitrogens is 1. The van der Waals surface area contributed by atoms with Crippen LogP contribution in [0.15, 0.2) is 47.4 Å². The fraction of sp³-hybridized carbons (Fsp3) is 0.222. The smallest absolute Gasteiger partial charge is 0.269 e. The lowest BCUT2D eigenvalue weighted by Crippen LogP contribution is -2.26. The van der Waals surface area contributed by atoms with Gasteiger partial charge in [-0.25, -0.2) is 17.7 Å². The number of non-ortho nitro benzene ring substituents is 1. The van der Waals surface area contributed by atoms with Crippen LogP contribution in [0.3, 0.4) is 0 Å². The van der Waals surface area contributed by atoms with E-state index < -0.39 is 20.9 Å². The molecule has 30 heavy (non-hydrogen) atoms. The number of amides is 1. The number of nitrogens with zero attached hydrogens (tertiary/aromatic N) is 3. The molecule has 0 spiro atoms. The van der Waals surface area contributed by atoms with Gasteiger partial charge in [0.25, 0.3) is 11.6 Å². The molecule has 3 aromatic rings. The number of carbonyl (C=O) groups is 1. The van der Waals surface area contributed by atoms with Crippen LogP contribution >= 0.6 is 11.3 Å². The fourth-order valence-electron chi connectivity index (χ4n) is 2.44. The van der Waals surface area contributed by atoms with Gasteiger partial charge in [-0.1, -0.05) is 18.3 Å². The van der Waals surface area contributed by atoms with Crippen molar-refractivity contribution in [3.63, 3.8) is 0 Å². The van der Waals surface area contributed by atoms with Crippen molar-refractivity contribution >= 4 is 48.3 Å². The lowest BCUT2D eigenvalue weighted by atomic mass is 10.3. The first-order valence-corrected chi connectivity index (χ1v) is 11.0. The van der Waals surface area contributed by atoms with Crippen molar-refractivity contribution in [2.75, 3.05) is 25.5 Å². The summed E-state index contributed by atoms with van der Waals surface area (Å²) in [6.07, 6.45) is 0. The summed E-state index contributed by atoms with van der Waals surface area (Å²) in [6, 6.07) is 9.96. The second-order valence-corrected chi connectivity index (χ2v) is 9.23. The van der Waals surface area contributed by atoms with Gasteiger partial charge >= 0.3 is 0 Å². The molecule has 2 aromatic carbocycles. The first-order chi connectivity index (χ1) is 14.2. The van der Waals surface area contributed by atoms with Crippen LogP contribution in [-0.4, -0.2) is 48.7 Å². The zero-order chi connectivity index (χ0) is 21.9. The number of fused-ring (bicyclic) bond motifs is 1. The van der Waals surface area contributed by atoms with Gasteiger partial charge in [0.15, 0.2) is 11.7 Å². The Morgan fingerprint density at radius 1 is 1.27 bits per heavy atom. The molecule has 1 N–H and O–H groups in total. The number of anilines is 1. The third-order valence-electron chi connectivity index (χ3n) is 4.18. The number of rotatable bonds is 8. The van der Waals surface area contributed by atoms with Crippen LogP contribution in [0.2, 0.25) is 0 Å². The van der Waals surface area contributed by atoms with E-state index in [2.05, 4.69) is 10.3 Å². The summed E-state index contributed by atoms with van der Waals surface area (Å²) in [6.45, 7) is 1.78. The second kappa shape index (κ2) is 8.73. The standard InChI is InChI=1S/C18H18N4O6S2/c1-3-21(2)30(26,27)14-8-9-15-16(10-14)29-18(19-15)20-17(23)11-28-13-6-4-12(5-7-13)22(24)25/h4-10H,3,11H2,1-2H3,(H,19,20,23). The summed E-state index contributed by atoms with van der Waals surface area (Å²) in [5.41, 5.74) is 0.484. The zero-order valence-electron chi connectivity index (χ0n) is 16.1. The molecule has 0 atom stereocenters. The average Bonchev–Trinajstić information content (AvgIpc) is 3.13. The van der Waals surface area contributed by atoms with Gasteiger partial charge < -0.3 is 4.74 Å². The van der Waals surface area contributed by atoms with Crippen LogP contribution in [0.1, 0.15) is 6.92 Å². The second-order valence-electron chi connectivity index (χ2n) is 6.16. The third-order valence-corrected chi connectivity index (χ3v) is 7.04. The van der Waals surface area contributed by atoms with Crippen molar-refractivity contribution in [1.82, 2.24) is 9.29 Å². The lowest BCUT2D eigenvalue weighted by Gasteiger charge is -2.14. The minimum absolute atomic E-state index is 0.0761. The van der Waals surface area contributed by atoms with E-state index in [1.54, 1.807) is 13.0 Å². The zero-order valence-corrected chi connectivity index (χ0v) is 17.7. The quantitative estimate of drug-likeness (QED) is 0.412. The minimum Gasteiger partial charge on any atom is -0.484 e. The van der Waals surface area contributed by atoms with Gasteiger partial charge in [0.05, 0.1) is 20.0 Å². The average molecular weight is 450 g/mol. The predicted octanol–water partition coefficient (Wildman–Crippen LogP) is 2.86. The molecular formula is C18H18N4O6S2. The van der Waals surface area contributed by atoms with Gasteiger partial charge in [-0.15, -0.1) is 0 Å². The summed E-state index contributed by atoms with van der Waals surface area (Å²) in [7, 11) is -2.08. The SMILES string of the molecule is CCN(C)S(=O)(=O)c1ccc2nc(NC(=O)COc3ccc([N+](=O)[O-])cc3)sc2c1. The van der Waals surface area contributed by atoms with E-state index in [-0.39, 0.29) is 17.2 Å². The number of benzene rings is 2. The molecule has 10 nitrogen and oxygen atoms in total. The number of carbonyl (C=O) groups excluding carboxylic acids is 1. The Hall–Kier alpha value is -3.09. The van der Waals surface area contributed by atoms with E-state index in [1.807, 2.05) is 0 Å². The van der Waals surface area contributed by atoms with Crippen molar-refractivity contribution in [2.45, 2.75) is 11.8 Å². The Bertz CT molecular complexity index is 1190. The number of hydrogen-bond donors (Lipinski definition) is 1. The summed E-state index contributed by atoms with van der Waals surface area (Å²) >= 11 is 1.15. The highest BCUT2D eigenvalue weighted by atomic mass is 32.2. The van der Waals surface area contributed by atoms with Crippen molar-refractivity contribution in [1.29, 1.82) is 0 Å². The van der Waals surface area contributed by atoms with E-state index in [9.17, 15) is 23.3 Å². The van der Waals surface area contributed by atoms with Crippen LogP contribution in [-0.2, 0) is 14.8 Å². The minimum atomic E-state index is -3.58. The summed E-state index contributed by atoms with van der Waals surface area (Å²) in [5, 5.41) is 13.5. The van der Waals surface area contributed by atoms with Crippen molar-refractivity contribution in [3.05, 3.63) is 52.6 Å². The molecule has 12 heteroatoms. The first-order valence-electron chi connectivity index (χ1n) is 8.74. The molecule has 0 unspecified atom stereocenters. The highest BCUT2D eigenvalue weighted by Gasteiger charge is 2.20. The van der Waals surface area contributed by atoms with Gasteiger partial charge in [0, 0.05) is 25.7 Å². The number of hydrogen-bond acceptors (Lipinski definition) is 8. The van der Waals surface area contributed by atoms with E-state index in [4.69, 9.17) is 4.74 Å². The number of thiazole rings is 1. The molecule has 0 aliphatic rings. The number of sulfonamides is 1. The summed E-state index contributed by atoms with van der Waals surface area (Å²) < 4.78 is 32.1. The van der Waals surface area contributed by atoms with Crippen LogP contribution in [0.25, 0.3) is 10.2 Å². The Morgan fingerprint density at radius 3 is 2.60 bits per heavy atom. The van der Waals surface area contributed by atoms with E-state index in [0.717, 1.165) is 11.3 Å². The largest absolute Gasteiger partial charge is 0.484 e. The molecule has 1 amide bonds. The third kappa shape index (κ3) is 4.72. The molecule has 0 saturated carbocycles. The number of nitrogens with one attached hydrogen (secondary N) is 1. The molecule has 0 saturated heterocycles. The topological polar surface area (TPSA) is 132 Å². The number of ether oxygens (including phenoxy) is 1. The molecule has 1 aromatic heterocycles. The molecule has 0 bridgehead atoms. The van der Waals surface area contributed by atoms with E-state index >= 15 is 0 Å². The van der Waals surface area contributed by atoms with Crippen LogP contribution in [0.5, 0.6) is 5.75 Å². The Morgan fingerprint density at radius 2 is 1.97 bits per heavy atom. The Labute approximate surface area is 176 Å². The molecule has 1 heterocycles. The highest BCUT2D eigenvalue weighted by Crippen LogP contribution is 2.29. The lowest BCUT2D eigenvalue weighted by molar-refractivity contribution is -0.384. The van der Waals surface area contributed by atoms with Gasteiger partial charge in [0.2, 0.25) is 10.0 Å². The monoisotopic (exact) mass is 450 g/mol. The maximum atomic E-state index is 12.5. The van der Waals surface area contributed by atoms with Crippen molar-refractivity contribution < 1.29 is 22.9 Å². The Balaban J connectivity index is 1.67. The van der Waals surface area contributed by atoms with E-state index in [0.29, 0.717) is 27.6 Å². The molecule has 3 rings (SSSR count). The van der Waals surface area contributed by atoms with Gasteiger partial charge in [0.1, 0.15) is 5.75 Å². The summed E-state index contributed by atoms with van der Waals surface area (Å²) in [4.78, 5) is 26.7. The molecule has 158 valence electrons. The van der Waals surface area contributed by atoms with E-state index in [1.165, 1.54) is 47.8 Å². The van der Waals surface area contributed by atoms with Crippen LogP contribution < -0.4 is 10.1 Å². The Kier molecular flexibility index (Phi) is 6.29. The predicted molar refractivity (Wildman–Crippen MR) is 112 cm³/mol. The molecule has 0 radical (unpaired) electrons. The maximum Gasteiger partial charge on any atom is 0.269 e. The number of nitro benzene ring substituents is 1. The normalized spacial score (nSPS) is 11.6. The summed E-state index contributed by atoms with van der Waals surface area (Å²) in [5.74, 6) is -0.152. The van der Waals surface area contributed by atoms with Gasteiger partial charge in [-0.05, 0) is 30.3 Å². The van der Waals surface area contributed by atoms with Crippen LogP contribution in [0, 0.1) is 10.1 Å². The fourth-order valence-corrected chi connectivity index (χ4v) is 4.64. The van der Waals surface area contributed by atoms with Crippen molar-refractivity contribution in [3.8, 4) is 5.75 Å². The van der Waals surface area contributed by atoms with Gasteiger partial charge in [-0.2, -0.15) is 0 Å². The molecular weight excluding hydrogens is 432 g/mol. The molecule has 0 aliphatic carbocycles. The molecule has 0 aliphatic heterocycles. The number of nitro groups is 1. The maximum absolute atomic E-state index is 12.5. The van der Waals surface area contributed by atoms with Crippen LogP contribution in [0.4, 0.5) is 10.8 Å².